The second-order valence-corrected chi connectivity index (χ2v) is 7.05. The average molecular weight is 434 g/mol. The Hall–Kier alpha value is -3.71. The van der Waals surface area contributed by atoms with Crippen LogP contribution in [0, 0.1) is 0 Å². The molecule has 3 aromatic rings. The highest BCUT2D eigenvalue weighted by atomic mass is 32.1. The van der Waals surface area contributed by atoms with E-state index in [0.29, 0.717) is 29.2 Å². The van der Waals surface area contributed by atoms with E-state index in [4.69, 9.17) is 17.0 Å². The van der Waals surface area contributed by atoms with E-state index in [1.54, 1.807) is 60.5 Å². The number of amides is 2. The normalized spacial score (nSPS) is 10.1. The number of para-hydroxylation sites is 1. The van der Waals surface area contributed by atoms with Gasteiger partial charge in [0.25, 0.3) is 11.8 Å². The fraction of sp³-hybridized carbons (Fsp3) is 0.125. The molecule has 3 aromatic carbocycles. The predicted octanol–water partition coefficient (Wildman–Crippen LogP) is 4.49. The van der Waals surface area contributed by atoms with Gasteiger partial charge in [-0.1, -0.05) is 18.2 Å². The van der Waals surface area contributed by atoms with Crippen LogP contribution in [-0.4, -0.2) is 30.6 Å². The maximum absolute atomic E-state index is 12.7. The van der Waals surface area contributed by atoms with E-state index in [2.05, 4.69) is 10.6 Å². The van der Waals surface area contributed by atoms with Crippen LogP contribution in [0.2, 0.25) is 0 Å². The number of rotatable bonds is 6. The largest absolute Gasteiger partial charge is 0.494 e. The van der Waals surface area contributed by atoms with Gasteiger partial charge in [-0.15, -0.1) is 0 Å². The minimum atomic E-state index is -0.322. The lowest BCUT2D eigenvalue weighted by molar-refractivity contribution is 0.0974. The van der Waals surface area contributed by atoms with Crippen molar-refractivity contribution < 1.29 is 14.3 Å². The maximum Gasteiger partial charge on any atom is 0.258 e. The Morgan fingerprint density at radius 3 is 2.13 bits per heavy atom. The summed E-state index contributed by atoms with van der Waals surface area (Å²) in [5.41, 5.74) is 2.49. The molecule has 7 heteroatoms. The third-order valence-electron chi connectivity index (χ3n) is 4.49. The van der Waals surface area contributed by atoms with E-state index >= 15 is 0 Å². The molecule has 2 amide bonds. The van der Waals surface area contributed by atoms with Gasteiger partial charge in [0.05, 0.1) is 6.61 Å². The number of benzene rings is 3. The Bertz CT molecular complexity index is 1050. The Kier molecular flexibility index (Phi) is 7.35. The van der Waals surface area contributed by atoms with E-state index in [1.165, 1.54) is 0 Å². The molecular formula is C24H23N3O3S. The molecule has 0 spiro atoms. The Labute approximate surface area is 186 Å². The molecule has 3 rings (SSSR count). The van der Waals surface area contributed by atoms with Crippen molar-refractivity contribution in [2.75, 3.05) is 23.9 Å². The molecule has 0 heterocycles. The zero-order valence-electron chi connectivity index (χ0n) is 17.3. The smallest absolute Gasteiger partial charge is 0.258 e. The number of anilines is 2. The van der Waals surface area contributed by atoms with Crippen molar-refractivity contribution in [2.45, 2.75) is 6.92 Å². The van der Waals surface area contributed by atoms with Gasteiger partial charge in [-0.25, -0.2) is 0 Å². The lowest BCUT2D eigenvalue weighted by atomic mass is 10.1. The predicted molar refractivity (Wildman–Crippen MR) is 127 cm³/mol. The van der Waals surface area contributed by atoms with Crippen molar-refractivity contribution in [1.29, 1.82) is 0 Å². The molecule has 0 aromatic heterocycles. The van der Waals surface area contributed by atoms with Crippen molar-refractivity contribution in [1.82, 2.24) is 5.32 Å². The number of nitrogens with one attached hydrogen (secondary N) is 2. The van der Waals surface area contributed by atoms with Gasteiger partial charge in [-0.3, -0.25) is 14.9 Å². The number of hydrogen-bond acceptors (Lipinski definition) is 4. The van der Waals surface area contributed by atoms with E-state index < -0.39 is 0 Å². The van der Waals surface area contributed by atoms with Gasteiger partial charge in [-0.2, -0.15) is 0 Å². The average Bonchev–Trinajstić information content (AvgIpc) is 2.80. The molecule has 0 radical (unpaired) electrons. The summed E-state index contributed by atoms with van der Waals surface area (Å²) in [4.78, 5) is 26.6. The SMILES string of the molecule is CCOc1ccc(C(=O)NC(=S)Nc2ccc(C(=O)N(C)c3ccccc3)cc2)cc1. The number of carbonyl (C=O) groups is 2. The molecule has 0 bridgehead atoms. The number of ether oxygens (including phenoxy) is 1. The number of carbonyl (C=O) groups excluding carboxylic acids is 2. The molecular weight excluding hydrogens is 410 g/mol. The summed E-state index contributed by atoms with van der Waals surface area (Å²) in [7, 11) is 1.73. The van der Waals surface area contributed by atoms with Gasteiger partial charge in [-0.05, 0) is 79.8 Å². The lowest BCUT2D eigenvalue weighted by Gasteiger charge is -2.17. The van der Waals surface area contributed by atoms with Crippen LogP contribution in [0.25, 0.3) is 0 Å². The molecule has 0 aliphatic heterocycles. The highest BCUT2D eigenvalue weighted by Gasteiger charge is 2.13. The fourth-order valence-electron chi connectivity index (χ4n) is 2.87. The second kappa shape index (κ2) is 10.4. The highest BCUT2D eigenvalue weighted by molar-refractivity contribution is 7.80. The van der Waals surface area contributed by atoms with Gasteiger partial charge in [0.1, 0.15) is 5.75 Å². The summed E-state index contributed by atoms with van der Waals surface area (Å²) >= 11 is 5.23. The minimum Gasteiger partial charge on any atom is -0.494 e. The molecule has 0 fully saturated rings. The van der Waals surface area contributed by atoms with Crippen molar-refractivity contribution in [3.8, 4) is 5.75 Å². The first kappa shape index (κ1) is 22.0. The second-order valence-electron chi connectivity index (χ2n) is 6.64. The number of nitrogens with zero attached hydrogens (tertiary/aromatic N) is 1. The van der Waals surface area contributed by atoms with Crippen LogP contribution in [0.3, 0.4) is 0 Å². The van der Waals surface area contributed by atoms with E-state index in [9.17, 15) is 9.59 Å². The third-order valence-corrected chi connectivity index (χ3v) is 4.70. The maximum atomic E-state index is 12.7. The van der Waals surface area contributed by atoms with Gasteiger partial charge in [0.15, 0.2) is 5.11 Å². The summed E-state index contributed by atoms with van der Waals surface area (Å²) < 4.78 is 5.37. The van der Waals surface area contributed by atoms with Crippen LogP contribution in [0.4, 0.5) is 11.4 Å². The zero-order valence-corrected chi connectivity index (χ0v) is 18.1. The first-order valence-corrected chi connectivity index (χ1v) is 10.2. The van der Waals surface area contributed by atoms with Crippen LogP contribution in [-0.2, 0) is 0 Å². The lowest BCUT2D eigenvalue weighted by Crippen LogP contribution is -2.34. The molecule has 0 saturated heterocycles. The van der Waals surface area contributed by atoms with Crippen molar-refractivity contribution >= 4 is 40.5 Å². The van der Waals surface area contributed by atoms with Gasteiger partial charge >= 0.3 is 0 Å². The first-order valence-electron chi connectivity index (χ1n) is 9.76. The quantitative estimate of drug-likeness (QED) is 0.561. The Morgan fingerprint density at radius 2 is 1.52 bits per heavy atom. The number of hydrogen-bond donors (Lipinski definition) is 2. The topological polar surface area (TPSA) is 70.7 Å². The van der Waals surface area contributed by atoms with Crippen LogP contribution in [0.15, 0.2) is 78.9 Å². The van der Waals surface area contributed by atoms with Gasteiger partial charge < -0.3 is 15.0 Å². The molecule has 31 heavy (non-hydrogen) atoms. The fourth-order valence-corrected chi connectivity index (χ4v) is 3.08. The molecule has 0 unspecified atom stereocenters. The molecule has 6 nitrogen and oxygen atoms in total. The standard InChI is InChI=1S/C24H23N3O3S/c1-3-30-21-15-11-17(12-16-21)22(28)26-24(31)25-19-13-9-18(10-14-19)23(29)27(2)20-7-5-4-6-8-20/h4-16H,3H2,1-2H3,(H2,25,26,28,31). The Balaban J connectivity index is 1.57. The summed E-state index contributed by atoms with van der Waals surface area (Å²) in [6.07, 6.45) is 0. The van der Waals surface area contributed by atoms with Crippen LogP contribution in [0.5, 0.6) is 5.75 Å². The van der Waals surface area contributed by atoms with Crippen LogP contribution < -0.4 is 20.3 Å². The minimum absolute atomic E-state index is 0.121. The van der Waals surface area contributed by atoms with Gasteiger partial charge in [0.2, 0.25) is 0 Å². The zero-order chi connectivity index (χ0) is 22.2. The van der Waals surface area contributed by atoms with Crippen molar-refractivity contribution in [2.24, 2.45) is 0 Å². The van der Waals surface area contributed by atoms with E-state index in [1.807, 2.05) is 37.3 Å². The molecule has 2 N–H and O–H groups in total. The summed E-state index contributed by atoms with van der Waals surface area (Å²) in [6.45, 7) is 2.46. The highest BCUT2D eigenvalue weighted by Crippen LogP contribution is 2.17. The van der Waals surface area contributed by atoms with Crippen molar-refractivity contribution in [3.63, 3.8) is 0 Å². The summed E-state index contributed by atoms with van der Waals surface area (Å²) in [5.74, 6) is 0.258. The monoisotopic (exact) mass is 433 g/mol. The van der Waals surface area contributed by atoms with Gasteiger partial charge in [0, 0.05) is 29.5 Å². The summed E-state index contributed by atoms with van der Waals surface area (Å²) in [6, 6.07) is 23.1. The number of thiocarbonyl (C=S) groups is 1. The molecule has 158 valence electrons. The van der Waals surface area contributed by atoms with E-state index in [-0.39, 0.29) is 16.9 Å². The van der Waals surface area contributed by atoms with Crippen LogP contribution >= 0.6 is 12.2 Å². The van der Waals surface area contributed by atoms with Crippen LogP contribution in [0.1, 0.15) is 27.6 Å². The first-order chi connectivity index (χ1) is 15.0. The Morgan fingerprint density at radius 1 is 0.903 bits per heavy atom. The molecule has 0 aliphatic carbocycles. The molecule has 0 saturated carbocycles. The molecule has 0 aliphatic rings. The van der Waals surface area contributed by atoms with Crippen molar-refractivity contribution in [3.05, 3.63) is 90.0 Å². The molecule has 0 atom stereocenters. The third kappa shape index (κ3) is 5.90. The summed E-state index contributed by atoms with van der Waals surface area (Å²) in [5, 5.41) is 5.76. The van der Waals surface area contributed by atoms with E-state index in [0.717, 1.165) is 5.69 Å².